The topological polar surface area (TPSA) is 122 Å². The number of hydrogen-bond donors (Lipinski definition) is 4. The van der Waals surface area contributed by atoms with Crippen LogP contribution < -0.4 is 11.1 Å². The van der Waals surface area contributed by atoms with Crippen LogP contribution in [0.4, 0.5) is 19.0 Å². The van der Waals surface area contributed by atoms with Crippen LogP contribution >= 0.6 is 0 Å². The summed E-state index contributed by atoms with van der Waals surface area (Å²) in [5.41, 5.74) is 5.45. The summed E-state index contributed by atoms with van der Waals surface area (Å²) in [6.45, 7) is 0. The predicted octanol–water partition coefficient (Wildman–Crippen LogP) is 3.18. The lowest BCUT2D eigenvalue weighted by Crippen LogP contribution is -2.16. The number of carbonyl (C=O) groups excluding carboxylic acids is 1. The van der Waals surface area contributed by atoms with Crippen molar-refractivity contribution < 1.29 is 23.1 Å². The number of carbonyl (C=O) groups is 1. The minimum atomic E-state index is -4.50. The standard InChI is InChI=1S/C20H17F3N6O2/c1-29-15(9-14(28-29)17(24)30)19(31)27-16-7-6-10-8-13(25-18(10)26-16)11-4-2-3-5-12(11)20(21,22)23/h2-9,17,30H,24H2,1H3,(H2,25,26,27,31)/t17-/m1/s1. The number of amides is 1. The summed E-state index contributed by atoms with van der Waals surface area (Å²) in [6.07, 6.45) is -5.82. The van der Waals surface area contributed by atoms with Crippen LogP contribution in [0, 0.1) is 0 Å². The summed E-state index contributed by atoms with van der Waals surface area (Å²) >= 11 is 0. The molecule has 0 fully saturated rings. The zero-order chi connectivity index (χ0) is 22.3. The Morgan fingerprint density at radius 2 is 1.97 bits per heavy atom. The van der Waals surface area contributed by atoms with E-state index in [1.807, 2.05) is 0 Å². The number of nitrogens with one attached hydrogen (secondary N) is 2. The quantitative estimate of drug-likeness (QED) is 0.371. The van der Waals surface area contributed by atoms with Gasteiger partial charge in [0.05, 0.1) is 5.56 Å². The number of rotatable bonds is 4. The number of alkyl halides is 3. The third kappa shape index (κ3) is 4.00. The van der Waals surface area contributed by atoms with Crippen LogP contribution in [0.3, 0.4) is 0 Å². The molecule has 0 aliphatic heterocycles. The van der Waals surface area contributed by atoms with Gasteiger partial charge in [0, 0.05) is 23.7 Å². The summed E-state index contributed by atoms with van der Waals surface area (Å²) in [7, 11) is 1.52. The molecule has 11 heteroatoms. The van der Waals surface area contributed by atoms with Crippen LogP contribution in [0.15, 0.2) is 48.5 Å². The van der Waals surface area contributed by atoms with E-state index in [1.165, 1.54) is 42.1 Å². The third-order valence-corrected chi connectivity index (χ3v) is 4.68. The first-order chi connectivity index (χ1) is 14.6. The fourth-order valence-electron chi connectivity index (χ4n) is 3.21. The molecule has 0 bridgehead atoms. The summed E-state index contributed by atoms with van der Waals surface area (Å²) in [5, 5.41) is 16.5. The Kier molecular flexibility index (Phi) is 4.99. The Balaban J connectivity index is 1.64. The molecule has 0 saturated carbocycles. The molecular formula is C20H17F3N6O2. The van der Waals surface area contributed by atoms with Gasteiger partial charge in [-0.1, -0.05) is 18.2 Å². The molecule has 5 N–H and O–H groups in total. The number of aryl methyl sites for hydroxylation is 1. The number of anilines is 1. The van der Waals surface area contributed by atoms with Crippen molar-refractivity contribution in [3.05, 3.63) is 65.5 Å². The molecule has 0 saturated heterocycles. The maximum Gasteiger partial charge on any atom is 0.417 e. The van der Waals surface area contributed by atoms with Crippen LogP contribution in [0.25, 0.3) is 22.3 Å². The number of H-pyrrole nitrogens is 1. The van der Waals surface area contributed by atoms with E-state index in [2.05, 4.69) is 20.4 Å². The number of benzene rings is 1. The Labute approximate surface area is 173 Å². The van der Waals surface area contributed by atoms with Crippen LogP contribution in [0.2, 0.25) is 0 Å². The summed E-state index contributed by atoms with van der Waals surface area (Å²) < 4.78 is 41.3. The van der Waals surface area contributed by atoms with Crippen molar-refractivity contribution in [3.8, 4) is 11.3 Å². The molecular weight excluding hydrogens is 413 g/mol. The highest BCUT2D eigenvalue weighted by Gasteiger charge is 2.33. The molecule has 4 rings (SSSR count). The van der Waals surface area contributed by atoms with Crippen molar-refractivity contribution in [2.45, 2.75) is 12.4 Å². The SMILES string of the molecule is Cn1nc([C@H](N)O)cc1C(=O)Nc1ccc2cc(-c3ccccc3C(F)(F)F)[nH]c2n1. The number of halogens is 3. The van der Waals surface area contributed by atoms with Crippen molar-refractivity contribution in [2.75, 3.05) is 5.32 Å². The Bertz CT molecular complexity index is 1280. The highest BCUT2D eigenvalue weighted by Crippen LogP contribution is 2.37. The molecule has 0 aliphatic rings. The minimum Gasteiger partial charge on any atom is -0.373 e. The number of nitrogens with two attached hydrogens (primary N) is 1. The second-order valence-electron chi connectivity index (χ2n) is 6.84. The van der Waals surface area contributed by atoms with Crippen molar-refractivity contribution in [2.24, 2.45) is 12.8 Å². The van der Waals surface area contributed by atoms with Crippen LogP contribution in [0.5, 0.6) is 0 Å². The highest BCUT2D eigenvalue weighted by molar-refractivity contribution is 6.03. The zero-order valence-corrected chi connectivity index (χ0v) is 16.1. The molecule has 8 nitrogen and oxygen atoms in total. The molecule has 160 valence electrons. The Hall–Kier alpha value is -3.70. The lowest BCUT2D eigenvalue weighted by molar-refractivity contribution is -0.137. The van der Waals surface area contributed by atoms with E-state index in [4.69, 9.17) is 5.73 Å². The first-order valence-corrected chi connectivity index (χ1v) is 9.09. The number of hydrogen-bond acceptors (Lipinski definition) is 5. The van der Waals surface area contributed by atoms with Gasteiger partial charge < -0.3 is 21.1 Å². The second-order valence-corrected chi connectivity index (χ2v) is 6.84. The second kappa shape index (κ2) is 7.52. The number of aromatic nitrogens is 4. The monoisotopic (exact) mass is 430 g/mol. The van der Waals surface area contributed by atoms with Gasteiger partial charge in [0.2, 0.25) is 0 Å². The molecule has 1 aromatic carbocycles. The first kappa shape index (κ1) is 20.6. The Morgan fingerprint density at radius 3 is 2.65 bits per heavy atom. The minimum absolute atomic E-state index is 0.00124. The molecule has 0 unspecified atom stereocenters. The van der Waals surface area contributed by atoms with Gasteiger partial charge >= 0.3 is 6.18 Å². The fraction of sp³-hybridized carbons (Fsp3) is 0.150. The van der Waals surface area contributed by atoms with Crippen LogP contribution in [0.1, 0.15) is 28.0 Å². The Morgan fingerprint density at radius 1 is 1.23 bits per heavy atom. The van der Waals surface area contributed by atoms with Gasteiger partial charge in [0.1, 0.15) is 29.1 Å². The van der Waals surface area contributed by atoms with Crippen molar-refractivity contribution in [1.29, 1.82) is 0 Å². The van der Waals surface area contributed by atoms with Crippen molar-refractivity contribution >= 4 is 22.8 Å². The van der Waals surface area contributed by atoms with Crippen LogP contribution in [-0.2, 0) is 13.2 Å². The van der Waals surface area contributed by atoms with Gasteiger partial charge in [0.25, 0.3) is 5.91 Å². The number of aliphatic hydroxyl groups excluding tert-OH is 1. The van der Waals surface area contributed by atoms with E-state index < -0.39 is 23.9 Å². The number of aliphatic hydroxyl groups is 1. The molecule has 3 aromatic heterocycles. The highest BCUT2D eigenvalue weighted by atomic mass is 19.4. The number of fused-ring (bicyclic) bond motifs is 1. The molecule has 1 amide bonds. The average molecular weight is 430 g/mol. The number of pyridine rings is 1. The third-order valence-electron chi connectivity index (χ3n) is 4.68. The van der Waals surface area contributed by atoms with Gasteiger partial charge in [-0.15, -0.1) is 0 Å². The maximum absolute atomic E-state index is 13.3. The van der Waals surface area contributed by atoms with Crippen molar-refractivity contribution in [3.63, 3.8) is 0 Å². The van der Waals surface area contributed by atoms with Crippen molar-refractivity contribution in [1.82, 2.24) is 19.7 Å². The number of aromatic amines is 1. The van der Waals surface area contributed by atoms with Gasteiger partial charge in [-0.2, -0.15) is 18.3 Å². The molecule has 4 aromatic rings. The average Bonchev–Trinajstić information content (AvgIpc) is 3.30. The maximum atomic E-state index is 13.3. The lowest BCUT2D eigenvalue weighted by Gasteiger charge is -2.11. The molecule has 0 spiro atoms. The molecule has 31 heavy (non-hydrogen) atoms. The predicted molar refractivity (Wildman–Crippen MR) is 107 cm³/mol. The largest absolute Gasteiger partial charge is 0.417 e. The summed E-state index contributed by atoms with van der Waals surface area (Å²) in [5.74, 6) is -0.353. The fourth-order valence-corrected chi connectivity index (χ4v) is 3.21. The van der Waals surface area contributed by atoms with Crippen LogP contribution in [-0.4, -0.2) is 30.8 Å². The van der Waals surface area contributed by atoms with Gasteiger partial charge in [-0.25, -0.2) is 4.98 Å². The van der Waals surface area contributed by atoms with Gasteiger partial charge in [-0.05, 0) is 30.3 Å². The molecule has 0 radical (unpaired) electrons. The molecule has 3 heterocycles. The smallest absolute Gasteiger partial charge is 0.373 e. The zero-order valence-electron chi connectivity index (χ0n) is 16.1. The van der Waals surface area contributed by atoms with E-state index in [1.54, 1.807) is 12.1 Å². The summed E-state index contributed by atoms with van der Waals surface area (Å²) in [6, 6.07) is 11.3. The molecule has 0 aliphatic carbocycles. The van der Waals surface area contributed by atoms with Gasteiger partial charge in [-0.3, -0.25) is 9.48 Å². The lowest BCUT2D eigenvalue weighted by atomic mass is 10.0. The first-order valence-electron chi connectivity index (χ1n) is 9.09. The van der Waals surface area contributed by atoms with E-state index >= 15 is 0 Å². The van der Waals surface area contributed by atoms with E-state index in [-0.39, 0.29) is 28.5 Å². The normalized spacial score (nSPS) is 12.8. The van der Waals surface area contributed by atoms with E-state index in [0.717, 1.165) is 6.07 Å². The van der Waals surface area contributed by atoms with E-state index in [9.17, 15) is 23.1 Å². The van der Waals surface area contributed by atoms with E-state index in [0.29, 0.717) is 11.0 Å². The van der Waals surface area contributed by atoms with Gasteiger partial charge in [0.15, 0.2) is 0 Å². The molecule has 1 atom stereocenters. The summed E-state index contributed by atoms with van der Waals surface area (Å²) in [4.78, 5) is 19.7. The number of nitrogens with zero attached hydrogens (tertiary/aromatic N) is 3.